The molecule has 2 aromatic heterocycles. The van der Waals surface area contributed by atoms with Gasteiger partial charge in [0.25, 0.3) is 0 Å². The molecule has 0 aliphatic rings. The number of hydrogen-bond donors (Lipinski definition) is 1. The summed E-state index contributed by atoms with van der Waals surface area (Å²) >= 11 is 3.35. The first-order valence-corrected chi connectivity index (χ1v) is 8.22. The molecule has 0 spiro atoms. The molecule has 0 saturated heterocycles. The van der Waals surface area contributed by atoms with Crippen molar-refractivity contribution in [2.45, 2.75) is 6.42 Å². The summed E-state index contributed by atoms with van der Waals surface area (Å²) in [5, 5.41) is 6.27. The molecule has 0 radical (unpaired) electrons. The molecule has 0 bridgehead atoms. The highest BCUT2D eigenvalue weighted by atomic mass is 32.1. The molecule has 0 unspecified atom stereocenters. The van der Waals surface area contributed by atoms with Crippen LogP contribution in [0.4, 0.5) is 0 Å². The molecule has 0 amide bonds. The van der Waals surface area contributed by atoms with Crippen LogP contribution in [-0.4, -0.2) is 23.6 Å². The number of aromatic nitrogens is 2. The maximum atomic E-state index is 4.81. The molecular weight excluding hydrogens is 286 g/mol. The second-order valence-corrected chi connectivity index (χ2v) is 6.19. The molecule has 3 aromatic rings. The summed E-state index contributed by atoms with van der Waals surface area (Å²) in [6.07, 6.45) is 0.989. The van der Waals surface area contributed by atoms with Crippen LogP contribution in [0.25, 0.3) is 22.0 Å². The van der Waals surface area contributed by atoms with Gasteiger partial charge in [-0.05, 0) is 20.0 Å². The number of rotatable bonds is 5. The Kier molecular flexibility index (Phi) is 4.20. The fraction of sp³-hybridized carbons (Fsp3) is 0.200. The highest BCUT2D eigenvalue weighted by molar-refractivity contribution is 7.16. The van der Waals surface area contributed by atoms with Gasteiger partial charge in [-0.15, -0.1) is 22.7 Å². The predicted octanol–water partition coefficient (Wildman–Crippen LogP) is 3.70. The molecule has 0 aliphatic carbocycles. The zero-order chi connectivity index (χ0) is 13.8. The lowest BCUT2D eigenvalue weighted by molar-refractivity contribution is 0.799. The number of nitrogens with one attached hydrogen (secondary N) is 1. The Bertz CT molecular complexity index is 660. The van der Waals surface area contributed by atoms with Crippen molar-refractivity contribution in [3.8, 4) is 22.0 Å². The van der Waals surface area contributed by atoms with Gasteiger partial charge in [0, 0.05) is 15.8 Å². The first kappa shape index (κ1) is 13.4. The van der Waals surface area contributed by atoms with E-state index in [-0.39, 0.29) is 0 Å². The van der Waals surface area contributed by atoms with Crippen molar-refractivity contribution < 1.29 is 0 Å². The van der Waals surface area contributed by atoms with Crippen molar-refractivity contribution in [3.63, 3.8) is 0 Å². The van der Waals surface area contributed by atoms with E-state index in [1.807, 2.05) is 18.6 Å². The second-order valence-electron chi connectivity index (χ2n) is 4.38. The second kappa shape index (κ2) is 6.26. The van der Waals surface area contributed by atoms with E-state index in [4.69, 9.17) is 4.98 Å². The number of hydrogen-bond acceptors (Lipinski definition) is 5. The SMILES string of the molecule is CNCCc1sc(-c2cscn2)nc1-c1ccccc1. The van der Waals surface area contributed by atoms with Crippen LogP contribution in [0, 0.1) is 0 Å². The normalized spacial score (nSPS) is 10.8. The molecule has 0 atom stereocenters. The average Bonchev–Trinajstić information content (AvgIpc) is 3.15. The number of thiazole rings is 2. The lowest BCUT2D eigenvalue weighted by Gasteiger charge is -2.01. The molecule has 102 valence electrons. The van der Waals surface area contributed by atoms with Crippen LogP contribution in [-0.2, 0) is 6.42 Å². The minimum Gasteiger partial charge on any atom is -0.319 e. The molecular formula is C15H15N3S2. The largest absolute Gasteiger partial charge is 0.319 e. The Balaban J connectivity index is 2.02. The number of likely N-dealkylation sites (N-methyl/N-ethyl adjacent to an activating group) is 1. The van der Waals surface area contributed by atoms with E-state index < -0.39 is 0 Å². The van der Waals surface area contributed by atoms with Gasteiger partial charge in [0.05, 0.1) is 11.2 Å². The maximum Gasteiger partial charge on any atom is 0.143 e. The molecule has 1 aromatic carbocycles. The molecule has 2 heterocycles. The van der Waals surface area contributed by atoms with Crippen LogP contribution in [0.5, 0.6) is 0 Å². The van der Waals surface area contributed by atoms with Gasteiger partial charge in [-0.1, -0.05) is 30.3 Å². The fourth-order valence-electron chi connectivity index (χ4n) is 2.01. The van der Waals surface area contributed by atoms with Crippen LogP contribution >= 0.6 is 22.7 Å². The summed E-state index contributed by atoms with van der Waals surface area (Å²) in [6.45, 7) is 0.957. The standard InChI is InChI=1S/C15H15N3S2/c1-16-8-7-13-14(11-5-3-2-4-6-11)18-15(20-13)12-9-19-10-17-12/h2-6,9-10,16H,7-8H2,1H3. The summed E-state index contributed by atoms with van der Waals surface area (Å²) in [6, 6.07) is 10.4. The van der Waals surface area contributed by atoms with Crippen LogP contribution < -0.4 is 5.32 Å². The van der Waals surface area contributed by atoms with Crippen molar-refractivity contribution in [3.05, 3.63) is 46.1 Å². The van der Waals surface area contributed by atoms with Gasteiger partial charge in [-0.3, -0.25) is 0 Å². The van der Waals surface area contributed by atoms with Crippen LogP contribution in [0.3, 0.4) is 0 Å². The predicted molar refractivity (Wildman–Crippen MR) is 86.3 cm³/mol. The summed E-state index contributed by atoms with van der Waals surface area (Å²) in [4.78, 5) is 10.5. The Morgan fingerprint density at radius 1 is 1.20 bits per heavy atom. The zero-order valence-corrected chi connectivity index (χ0v) is 12.8. The Morgan fingerprint density at radius 2 is 2.05 bits per heavy atom. The zero-order valence-electron chi connectivity index (χ0n) is 11.2. The number of nitrogens with zero attached hydrogens (tertiary/aromatic N) is 2. The molecule has 3 nitrogen and oxygen atoms in total. The Labute approximate surface area is 126 Å². The highest BCUT2D eigenvalue weighted by Gasteiger charge is 2.14. The third-order valence-electron chi connectivity index (χ3n) is 3.00. The van der Waals surface area contributed by atoms with E-state index >= 15 is 0 Å². The lowest BCUT2D eigenvalue weighted by Crippen LogP contribution is -2.09. The molecule has 5 heteroatoms. The summed E-state index contributed by atoms with van der Waals surface area (Å²) < 4.78 is 0. The van der Waals surface area contributed by atoms with Gasteiger partial charge in [0.15, 0.2) is 0 Å². The Morgan fingerprint density at radius 3 is 2.75 bits per heavy atom. The minimum atomic E-state index is 0.957. The first-order chi connectivity index (χ1) is 9.88. The van der Waals surface area contributed by atoms with Crippen molar-refractivity contribution in [2.24, 2.45) is 0 Å². The molecule has 0 saturated carbocycles. The number of benzene rings is 1. The highest BCUT2D eigenvalue weighted by Crippen LogP contribution is 2.33. The van der Waals surface area contributed by atoms with E-state index in [0.29, 0.717) is 0 Å². The van der Waals surface area contributed by atoms with E-state index in [9.17, 15) is 0 Å². The van der Waals surface area contributed by atoms with Crippen molar-refractivity contribution in [1.82, 2.24) is 15.3 Å². The third-order valence-corrected chi connectivity index (χ3v) is 4.72. The van der Waals surface area contributed by atoms with Crippen LogP contribution in [0.15, 0.2) is 41.2 Å². The smallest absolute Gasteiger partial charge is 0.143 e. The molecule has 0 aliphatic heterocycles. The van der Waals surface area contributed by atoms with E-state index in [0.717, 1.165) is 29.4 Å². The van der Waals surface area contributed by atoms with E-state index in [2.05, 4.69) is 39.9 Å². The van der Waals surface area contributed by atoms with Gasteiger partial charge in [-0.2, -0.15) is 0 Å². The molecule has 1 N–H and O–H groups in total. The monoisotopic (exact) mass is 301 g/mol. The average molecular weight is 301 g/mol. The maximum absolute atomic E-state index is 4.81. The summed E-state index contributed by atoms with van der Waals surface area (Å²) in [5.74, 6) is 0. The van der Waals surface area contributed by atoms with Gasteiger partial charge in [0.1, 0.15) is 10.7 Å². The van der Waals surface area contributed by atoms with Crippen molar-refractivity contribution in [1.29, 1.82) is 0 Å². The van der Waals surface area contributed by atoms with Crippen LogP contribution in [0.1, 0.15) is 4.88 Å². The first-order valence-electron chi connectivity index (χ1n) is 6.47. The Hall–Kier alpha value is -1.56. The van der Waals surface area contributed by atoms with E-state index in [1.54, 1.807) is 22.7 Å². The van der Waals surface area contributed by atoms with Gasteiger partial charge in [-0.25, -0.2) is 9.97 Å². The molecule has 20 heavy (non-hydrogen) atoms. The lowest BCUT2D eigenvalue weighted by atomic mass is 10.1. The van der Waals surface area contributed by atoms with Crippen LogP contribution in [0.2, 0.25) is 0 Å². The van der Waals surface area contributed by atoms with Crippen molar-refractivity contribution in [2.75, 3.05) is 13.6 Å². The van der Waals surface area contributed by atoms with Crippen molar-refractivity contribution >= 4 is 22.7 Å². The summed E-state index contributed by atoms with van der Waals surface area (Å²) in [7, 11) is 1.98. The minimum absolute atomic E-state index is 0.957. The topological polar surface area (TPSA) is 37.8 Å². The van der Waals surface area contributed by atoms with E-state index in [1.165, 1.54) is 10.4 Å². The quantitative estimate of drug-likeness (QED) is 0.781. The third kappa shape index (κ3) is 2.80. The molecule has 0 fully saturated rings. The summed E-state index contributed by atoms with van der Waals surface area (Å²) in [5.41, 5.74) is 5.10. The van der Waals surface area contributed by atoms with Gasteiger partial charge >= 0.3 is 0 Å². The molecule has 3 rings (SSSR count). The fourth-order valence-corrected chi connectivity index (χ4v) is 3.67. The van der Waals surface area contributed by atoms with Gasteiger partial charge < -0.3 is 5.32 Å². The van der Waals surface area contributed by atoms with Gasteiger partial charge in [0.2, 0.25) is 0 Å².